The van der Waals surface area contributed by atoms with Crippen LogP contribution in [-0.4, -0.2) is 43.0 Å². The van der Waals surface area contributed by atoms with Crippen LogP contribution in [-0.2, 0) is 20.0 Å². The Hall–Kier alpha value is -0.710. The molecule has 1 aliphatic rings. The van der Waals surface area contributed by atoms with E-state index in [2.05, 4.69) is 14.8 Å². The number of benzene rings is 1. The first-order valence-corrected chi connectivity index (χ1v) is 10.9. The van der Waals surface area contributed by atoms with Gasteiger partial charge in [-0.15, -0.1) is 12.4 Å². The minimum Gasteiger partial charge on any atom is -0.316 e. The summed E-state index contributed by atoms with van der Waals surface area (Å²) in [5, 5.41) is 3.27. The van der Waals surface area contributed by atoms with Gasteiger partial charge in [0.25, 0.3) is 0 Å². The molecule has 0 radical (unpaired) electrons. The van der Waals surface area contributed by atoms with Crippen molar-refractivity contribution in [3.63, 3.8) is 0 Å². The lowest BCUT2D eigenvalue weighted by Gasteiger charge is -2.28. The smallest absolute Gasteiger partial charge is 0.240 e. The van der Waals surface area contributed by atoms with Gasteiger partial charge in [0, 0.05) is 6.04 Å². The number of rotatable bonds is 6. The van der Waals surface area contributed by atoms with Crippen LogP contribution in [0.15, 0.2) is 28.0 Å². The Morgan fingerprint density at radius 3 is 2.40 bits per heavy atom. The molecular weight excluding hydrogens is 386 g/mol. The zero-order valence-corrected chi connectivity index (χ0v) is 17.0. The maximum absolute atomic E-state index is 12.6. The molecular formula is C15H26ClN3O4S2. The monoisotopic (exact) mass is 411 g/mol. The number of halogens is 1. The van der Waals surface area contributed by atoms with Gasteiger partial charge in [-0.2, -0.15) is 0 Å². The first kappa shape index (κ1) is 22.3. The molecule has 0 saturated carbocycles. The van der Waals surface area contributed by atoms with E-state index in [1.54, 1.807) is 6.92 Å². The molecule has 7 nitrogen and oxygen atoms in total. The van der Waals surface area contributed by atoms with E-state index in [0.717, 1.165) is 25.9 Å². The van der Waals surface area contributed by atoms with Gasteiger partial charge in [0.15, 0.2) is 0 Å². The van der Waals surface area contributed by atoms with E-state index < -0.39 is 20.0 Å². The van der Waals surface area contributed by atoms with Crippen LogP contribution in [0.4, 0.5) is 0 Å². The van der Waals surface area contributed by atoms with Crippen LogP contribution < -0.4 is 14.8 Å². The highest BCUT2D eigenvalue weighted by Gasteiger charge is 2.26. The van der Waals surface area contributed by atoms with Gasteiger partial charge in [-0.3, -0.25) is 0 Å². The third kappa shape index (κ3) is 5.38. The molecule has 25 heavy (non-hydrogen) atoms. The van der Waals surface area contributed by atoms with Gasteiger partial charge in [-0.25, -0.2) is 26.3 Å². The lowest BCUT2D eigenvalue weighted by Crippen LogP contribution is -2.44. The molecule has 1 aromatic rings. The lowest BCUT2D eigenvalue weighted by atomic mass is 9.94. The molecule has 0 bridgehead atoms. The molecule has 144 valence electrons. The molecule has 2 atom stereocenters. The van der Waals surface area contributed by atoms with Crippen LogP contribution in [0.3, 0.4) is 0 Å². The summed E-state index contributed by atoms with van der Waals surface area (Å²) in [7, 11) is -5.98. The average Bonchev–Trinajstić information content (AvgIpc) is 2.55. The van der Waals surface area contributed by atoms with Gasteiger partial charge >= 0.3 is 0 Å². The number of piperidine rings is 1. The molecule has 1 heterocycles. The second-order valence-electron chi connectivity index (χ2n) is 6.15. The Kier molecular flexibility index (Phi) is 7.85. The lowest BCUT2D eigenvalue weighted by molar-refractivity contribution is 0.320. The van der Waals surface area contributed by atoms with Crippen LogP contribution in [0.2, 0.25) is 0 Å². The summed E-state index contributed by atoms with van der Waals surface area (Å²) in [6.07, 6.45) is 2.02. The van der Waals surface area contributed by atoms with Crippen molar-refractivity contribution in [2.75, 3.05) is 20.1 Å². The van der Waals surface area contributed by atoms with Gasteiger partial charge in [0.2, 0.25) is 20.0 Å². The molecule has 0 amide bonds. The fourth-order valence-corrected chi connectivity index (χ4v) is 5.26. The van der Waals surface area contributed by atoms with E-state index in [1.165, 1.54) is 25.2 Å². The highest BCUT2D eigenvalue weighted by atomic mass is 35.5. The fraction of sp³-hybridized carbons (Fsp3) is 0.600. The molecule has 1 fully saturated rings. The molecule has 1 aliphatic heterocycles. The maximum Gasteiger partial charge on any atom is 0.240 e. The van der Waals surface area contributed by atoms with Crippen molar-refractivity contribution in [3.8, 4) is 0 Å². The van der Waals surface area contributed by atoms with Crippen molar-refractivity contribution in [3.05, 3.63) is 23.8 Å². The second-order valence-corrected chi connectivity index (χ2v) is 9.72. The first-order valence-electron chi connectivity index (χ1n) is 7.94. The van der Waals surface area contributed by atoms with Crippen LogP contribution >= 0.6 is 12.4 Å². The summed E-state index contributed by atoms with van der Waals surface area (Å²) in [6, 6.07) is 3.84. The average molecular weight is 412 g/mol. The first-order chi connectivity index (χ1) is 11.2. The topological polar surface area (TPSA) is 104 Å². The van der Waals surface area contributed by atoms with Crippen LogP contribution in [0.1, 0.15) is 25.3 Å². The van der Waals surface area contributed by atoms with Crippen molar-refractivity contribution in [1.29, 1.82) is 0 Å². The normalized spacial score (nSPS) is 19.9. The second kappa shape index (κ2) is 8.79. The van der Waals surface area contributed by atoms with E-state index in [-0.39, 0.29) is 34.2 Å². The molecule has 3 N–H and O–H groups in total. The van der Waals surface area contributed by atoms with Crippen molar-refractivity contribution < 1.29 is 16.8 Å². The number of aryl methyl sites for hydroxylation is 1. The van der Waals surface area contributed by atoms with E-state index in [4.69, 9.17) is 0 Å². The van der Waals surface area contributed by atoms with E-state index in [1.807, 2.05) is 6.92 Å². The van der Waals surface area contributed by atoms with Gasteiger partial charge < -0.3 is 5.32 Å². The van der Waals surface area contributed by atoms with Gasteiger partial charge in [0.1, 0.15) is 0 Å². The molecule has 2 rings (SSSR count). The minimum atomic E-state index is -3.69. The number of nitrogens with one attached hydrogen (secondary N) is 3. The summed E-state index contributed by atoms with van der Waals surface area (Å²) < 4.78 is 53.9. The number of hydrogen-bond acceptors (Lipinski definition) is 5. The number of hydrogen-bond donors (Lipinski definition) is 3. The third-order valence-corrected chi connectivity index (χ3v) is 7.53. The van der Waals surface area contributed by atoms with Crippen molar-refractivity contribution in [1.82, 2.24) is 14.8 Å². The molecule has 1 aromatic carbocycles. The van der Waals surface area contributed by atoms with Gasteiger partial charge in [0.05, 0.1) is 9.79 Å². The highest BCUT2D eigenvalue weighted by Crippen LogP contribution is 2.21. The Bertz CT molecular complexity index is 791. The minimum absolute atomic E-state index is 0. The van der Waals surface area contributed by atoms with Crippen molar-refractivity contribution in [2.24, 2.45) is 5.92 Å². The maximum atomic E-state index is 12.6. The Morgan fingerprint density at radius 1 is 1.20 bits per heavy atom. The largest absolute Gasteiger partial charge is 0.316 e. The molecule has 2 unspecified atom stereocenters. The molecule has 10 heteroatoms. The summed E-state index contributed by atoms with van der Waals surface area (Å²) >= 11 is 0. The Balaban J connectivity index is 0.00000312. The summed E-state index contributed by atoms with van der Waals surface area (Å²) in [6.45, 7) is 5.21. The molecule has 0 aliphatic carbocycles. The number of sulfonamides is 2. The zero-order valence-electron chi connectivity index (χ0n) is 14.6. The standard InChI is InChI=1S/C15H25N3O4S2.ClH/c1-11-9-14(6-7-15(11)24(21,22)16-3)23(19,20)18-12(2)13-5-4-8-17-10-13;/h6-7,9,12-13,16-18H,4-5,8,10H2,1-3H3;1H. The Morgan fingerprint density at radius 2 is 1.88 bits per heavy atom. The van der Waals surface area contributed by atoms with Crippen molar-refractivity contribution >= 4 is 32.5 Å². The summed E-state index contributed by atoms with van der Waals surface area (Å²) in [5.41, 5.74) is 0.388. The van der Waals surface area contributed by atoms with Crippen LogP contribution in [0.25, 0.3) is 0 Å². The van der Waals surface area contributed by atoms with E-state index in [0.29, 0.717) is 5.56 Å². The quantitative estimate of drug-likeness (QED) is 0.647. The predicted octanol–water partition coefficient (Wildman–Crippen LogP) is 0.991. The van der Waals surface area contributed by atoms with Crippen LogP contribution in [0.5, 0.6) is 0 Å². The summed E-state index contributed by atoms with van der Waals surface area (Å²) in [4.78, 5) is 0.152. The highest BCUT2D eigenvalue weighted by molar-refractivity contribution is 7.90. The van der Waals surface area contributed by atoms with Crippen molar-refractivity contribution in [2.45, 2.75) is 42.5 Å². The van der Waals surface area contributed by atoms with E-state index >= 15 is 0 Å². The van der Waals surface area contributed by atoms with E-state index in [9.17, 15) is 16.8 Å². The summed E-state index contributed by atoms with van der Waals surface area (Å²) in [5.74, 6) is 0.249. The fourth-order valence-electron chi connectivity index (χ4n) is 2.92. The third-order valence-electron chi connectivity index (χ3n) is 4.40. The molecule has 0 spiro atoms. The molecule has 1 saturated heterocycles. The van der Waals surface area contributed by atoms with Gasteiger partial charge in [-0.05, 0) is 76.5 Å². The zero-order chi connectivity index (χ0) is 18.0. The molecule has 0 aromatic heterocycles. The SMILES string of the molecule is CNS(=O)(=O)c1ccc(S(=O)(=O)NC(C)C2CCCNC2)cc1C.Cl. The Labute approximate surface area is 156 Å². The van der Waals surface area contributed by atoms with Crippen LogP contribution in [0, 0.1) is 12.8 Å². The van der Waals surface area contributed by atoms with Gasteiger partial charge in [-0.1, -0.05) is 0 Å². The predicted molar refractivity (Wildman–Crippen MR) is 100 cm³/mol.